The first-order valence-electron chi connectivity index (χ1n) is 11.1. The summed E-state index contributed by atoms with van der Waals surface area (Å²) in [4.78, 5) is 0. The lowest BCUT2D eigenvalue weighted by Crippen LogP contribution is -1.94. The van der Waals surface area contributed by atoms with Crippen molar-refractivity contribution in [3.63, 3.8) is 0 Å². The van der Waals surface area contributed by atoms with Gasteiger partial charge >= 0.3 is 0 Å². The Labute approximate surface area is 193 Å². The third-order valence-corrected chi connectivity index (χ3v) is 5.72. The normalized spacial score (nSPS) is 11.3. The number of hydrogen-bond donors (Lipinski definition) is 0. The minimum Gasteiger partial charge on any atom is -0.206 e. The van der Waals surface area contributed by atoms with Gasteiger partial charge in [0.25, 0.3) is 0 Å². The summed E-state index contributed by atoms with van der Waals surface area (Å²) in [5.41, 5.74) is 5.06. The molecule has 0 unspecified atom stereocenters. The fraction of sp³-hybridized carbons (Fsp3) is 0.133. The van der Waals surface area contributed by atoms with Crippen molar-refractivity contribution in [1.82, 2.24) is 0 Å². The molecule has 0 aliphatic carbocycles. The van der Waals surface area contributed by atoms with Gasteiger partial charge in [0.15, 0.2) is 11.6 Å². The van der Waals surface area contributed by atoms with Gasteiger partial charge in [0.2, 0.25) is 0 Å². The van der Waals surface area contributed by atoms with Gasteiger partial charge in [-0.1, -0.05) is 98.3 Å². The van der Waals surface area contributed by atoms with Gasteiger partial charge in [-0.3, -0.25) is 0 Å². The first-order valence-corrected chi connectivity index (χ1v) is 11.1. The van der Waals surface area contributed by atoms with Crippen LogP contribution in [0, 0.1) is 24.4 Å². The first-order chi connectivity index (χ1) is 16.0. The Morgan fingerprint density at radius 3 is 1.79 bits per heavy atom. The van der Waals surface area contributed by atoms with Gasteiger partial charge in [-0.2, -0.15) is 0 Å². The fourth-order valence-corrected chi connectivity index (χ4v) is 3.86. The predicted octanol–water partition coefficient (Wildman–Crippen LogP) is 8.87. The van der Waals surface area contributed by atoms with Crippen LogP contribution in [0.2, 0.25) is 0 Å². The molecule has 4 aromatic rings. The Hall–Kier alpha value is -3.59. The molecule has 4 aromatic carbocycles. The standard InChI is InChI=1S/C30H25F3/c1-3-4-21-6-12-23(13-7-21)26-17-18-27(30(33)29(26)32)24-14-8-22(9-15-24)10-16-25-11-5-20(2)19-28(25)31/h5-19H,3-4H2,1-2H3/b16-10+. The van der Waals surface area contributed by atoms with Gasteiger partial charge in [-0.05, 0) is 47.2 Å². The average molecular weight is 443 g/mol. The van der Waals surface area contributed by atoms with E-state index in [4.69, 9.17) is 0 Å². The molecule has 0 aromatic heterocycles. The zero-order valence-electron chi connectivity index (χ0n) is 18.7. The molecule has 3 heteroatoms. The van der Waals surface area contributed by atoms with E-state index in [0.717, 1.165) is 24.0 Å². The van der Waals surface area contributed by atoms with Crippen molar-refractivity contribution in [2.24, 2.45) is 0 Å². The monoisotopic (exact) mass is 442 g/mol. The molecule has 0 saturated heterocycles. The molecule has 0 aliphatic heterocycles. The lowest BCUT2D eigenvalue weighted by molar-refractivity contribution is 0.514. The van der Waals surface area contributed by atoms with E-state index in [1.165, 1.54) is 11.6 Å². The van der Waals surface area contributed by atoms with Crippen molar-refractivity contribution in [1.29, 1.82) is 0 Å². The molecule has 0 heterocycles. The molecule has 0 N–H and O–H groups in total. The van der Waals surface area contributed by atoms with E-state index < -0.39 is 11.6 Å². The van der Waals surface area contributed by atoms with Gasteiger partial charge in [0.05, 0.1) is 0 Å². The van der Waals surface area contributed by atoms with Crippen molar-refractivity contribution >= 4 is 12.2 Å². The second-order valence-electron chi connectivity index (χ2n) is 8.22. The highest BCUT2D eigenvalue weighted by atomic mass is 19.2. The summed E-state index contributed by atoms with van der Waals surface area (Å²) in [5.74, 6) is -2.00. The Balaban J connectivity index is 1.56. The Morgan fingerprint density at radius 2 is 1.24 bits per heavy atom. The van der Waals surface area contributed by atoms with Crippen LogP contribution in [0.1, 0.15) is 35.6 Å². The average Bonchev–Trinajstić information content (AvgIpc) is 2.82. The van der Waals surface area contributed by atoms with E-state index in [1.807, 2.05) is 37.3 Å². The molecule has 0 radical (unpaired) electrons. The Kier molecular flexibility index (Phi) is 6.79. The molecule has 0 bridgehead atoms. The highest BCUT2D eigenvalue weighted by Crippen LogP contribution is 2.32. The molecule has 4 rings (SSSR count). The molecule has 33 heavy (non-hydrogen) atoms. The van der Waals surface area contributed by atoms with Gasteiger partial charge in [-0.15, -0.1) is 0 Å². The van der Waals surface area contributed by atoms with Gasteiger partial charge in [0.1, 0.15) is 5.82 Å². The molecule has 166 valence electrons. The van der Waals surface area contributed by atoms with Crippen molar-refractivity contribution in [2.75, 3.05) is 0 Å². The molecule has 0 aliphatic rings. The van der Waals surface area contributed by atoms with Crippen LogP contribution in [0.25, 0.3) is 34.4 Å². The Bertz CT molecular complexity index is 1280. The molecule has 0 fully saturated rings. The SMILES string of the molecule is CCCc1ccc(-c2ccc(-c3ccc(/C=C/c4ccc(C)cc4F)cc3)c(F)c2F)cc1. The van der Waals surface area contributed by atoms with E-state index in [2.05, 4.69) is 6.92 Å². The summed E-state index contributed by atoms with van der Waals surface area (Å²) in [6.45, 7) is 3.95. The third-order valence-electron chi connectivity index (χ3n) is 5.72. The summed E-state index contributed by atoms with van der Waals surface area (Å²) in [5, 5.41) is 0. The first kappa shape index (κ1) is 22.6. The predicted molar refractivity (Wildman–Crippen MR) is 131 cm³/mol. The lowest BCUT2D eigenvalue weighted by atomic mass is 9.97. The third kappa shape index (κ3) is 5.09. The van der Waals surface area contributed by atoms with E-state index >= 15 is 0 Å². The summed E-state index contributed by atoms with van der Waals surface area (Å²) in [6.07, 6.45) is 5.49. The smallest absolute Gasteiger partial charge is 0.167 e. The lowest BCUT2D eigenvalue weighted by Gasteiger charge is -2.10. The van der Waals surface area contributed by atoms with Crippen LogP contribution in [0.15, 0.2) is 78.9 Å². The van der Waals surface area contributed by atoms with Crippen LogP contribution in [-0.4, -0.2) is 0 Å². The second kappa shape index (κ2) is 9.91. The van der Waals surface area contributed by atoms with Crippen molar-refractivity contribution in [3.05, 3.63) is 119 Å². The van der Waals surface area contributed by atoms with Crippen LogP contribution in [0.4, 0.5) is 13.2 Å². The van der Waals surface area contributed by atoms with E-state index in [-0.39, 0.29) is 16.9 Å². The maximum absolute atomic E-state index is 14.9. The van der Waals surface area contributed by atoms with Crippen LogP contribution in [0.3, 0.4) is 0 Å². The fourth-order valence-electron chi connectivity index (χ4n) is 3.86. The highest BCUT2D eigenvalue weighted by Gasteiger charge is 2.16. The number of rotatable bonds is 6. The van der Waals surface area contributed by atoms with Gasteiger partial charge in [0, 0.05) is 16.7 Å². The van der Waals surface area contributed by atoms with Crippen molar-refractivity contribution < 1.29 is 13.2 Å². The molecular formula is C30H25F3. The number of benzene rings is 4. The van der Waals surface area contributed by atoms with Crippen LogP contribution < -0.4 is 0 Å². The summed E-state index contributed by atoms with van der Waals surface area (Å²) in [6, 6.07) is 23.0. The number of halogens is 3. The van der Waals surface area contributed by atoms with Gasteiger partial charge in [-0.25, -0.2) is 13.2 Å². The number of hydrogen-bond acceptors (Lipinski definition) is 0. The van der Waals surface area contributed by atoms with E-state index in [0.29, 0.717) is 16.7 Å². The molecule has 0 spiro atoms. The zero-order valence-corrected chi connectivity index (χ0v) is 18.7. The minimum atomic E-state index is -0.866. The summed E-state index contributed by atoms with van der Waals surface area (Å²) in [7, 11) is 0. The van der Waals surface area contributed by atoms with Crippen molar-refractivity contribution in [2.45, 2.75) is 26.7 Å². The second-order valence-corrected chi connectivity index (χ2v) is 8.22. The Morgan fingerprint density at radius 1 is 0.667 bits per heavy atom. The minimum absolute atomic E-state index is 0.207. The summed E-state index contributed by atoms with van der Waals surface area (Å²) < 4.78 is 43.9. The van der Waals surface area contributed by atoms with Crippen molar-refractivity contribution in [3.8, 4) is 22.3 Å². The maximum Gasteiger partial charge on any atom is 0.167 e. The quantitative estimate of drug-likeness (QED) is 0.262. The topological polar surface area (TPSA) is 0 Å². The molecule has 0 nitrogen and oxygen atoms in total. The summed E-state index contributed by atoms with van der Waals surface area (Å²) >= 11 is 0. The zero-order chi connectivity index (χ0) is 23.4. The maximum atomic E-state index is 14.9. The largest absolute Gasteiger partial charge is 0.206 e. The molecule has 0 atom stereocenters. The van der Waals surface area contributed by atoms with Gasteiger partial charge < -0.3 is 0 Å². The van der Waals surface area contributed by atoms with E-state index in [9.17, 15) is 13.2 Å². The number of aryl methyl sites for hydroxylation is 2. The van der Waals surface area contributed by atoms with Crippen LogP contribution >= 0.6 is 0 Å². The molecule has 0 amide bonds. The molecular weight excluding hydrogens is 417 g/mol. The molecule has 0 saturated carbocycles. The van der Waals surface area contributed by atoms with Crippen LogP contribution in [0.5, 0.6) is 0 Å². The highest BCUT2D eigenvalue weighted by molar-refractivity contribution is 5.74. The van der Waals surface area contributed by atoms with E-state index in [1.54, 1.807) is 54.6 Å². The van der Waals surface area contributed by atoms with Crippen LogP contribution in [-0.2, 0) is 6.42 Å².